The van der Waals surface area contributed by atoms with Crippen LogP contribution in [0.4, 0.5) is 0 Å². The fourth-order valence-corrected chi connectivity index (χ4v) is 1.46. The Morgan fingerprint density at radius 1 is 1.21 bits per heavy atom. The largest absolute Gasteiger partial charge is 0.391 e. The van der Waals surface area contributed by atoms with E-state index in [1.54, 1.807) is 7.05 Å². The van der Waals surface area contributed by atoms with Gasteiger partial charge in [0.15, 0.2) is 0 Å². The van der Waals surface area contributed by atoms with Crippen molar-refractivity contribution in [3.05, 3.63) is 0 Å². The number of likely N-dealkylation sites (N-methyl/N-ethyl adjacent to an activating group) is 1. The van der Waals surface area contributed by atoms with Gasteiger partial charge in [-0.25, -0.2) is 9.59 Å². The smallest absolute Gasteiger partial charge is 0.330 e. The molecule has 0 saturated carbocycles. The minimum absolute atomic E-state index is 0.0219. The van der Waals surface area contributed by atoms with Crippen LogP contribution in [0.2, 0.25) is 0 Å². The summed E-state index contributed by atoms with van der Waals surface area (Å²) in [5.74, 6) is -1.77. The molecule has 0 heterocycles. The molecule has 110 valence electrons. The van der Waals surface area contributed by atoms with Gasteiger partial charge in [0.1, 0.15) is 12.1 Å². The second-order valence-corrected chi connectivity index (χ2v) is 4.82. The van der Waals surface area contributed by atoms with Crippen molar-refractivity contribution in [1.82, 2.24) is 5.32 Å². The molecule has 0 aromatic heterocycles. The Balaban J connectivity index is 4.29. The number of esters is 2. The minimum Gasteiger partial charge on any atom is -0.391 e. The lowest BCUT2D eigenvalue weighted by Crippen LogP contribution is -2.41. The van der Waals surface area contributed by atoms with E-state index in [1.807, 2.05) is 13.8 Å². The number of hydrogen-bond donors (Lipinski definition) is 3. The number of hydrogen-bond acceptors (Lipinski definition) is 6. The number of nitrogens with one attached hydrogen (secondary N) is 1. The highest BCUT2D eigenvalue weighted by Crippen LogP contribution is 2.07. The number of carbonyl (C=O) groups excluding carboxylic acids is 3. The van der Waals surface area contributed by atoms with Crippen LogP contribution in [0.25, 0.3) is 0 Å². The van der Waals surface area contributed by atoms with Crippen molar-refractivity contribution in [2.75, 3.05) is 7.05 Å². The van der Waals surface area contributed by atoms with Crippen molar-refractivity contribution in [1.29, 1.82) is 0 Å². The molecule has 19 heavy (non-hydrogen) atoms. The second-order valence-electron chi connectivity index (χ2n) is 4.82. The lowest BCUT2D eigenvalue weighted by molar-refractivity contribution is -0.162. The van der Waals surface area contributed by atoms with Gasteiger partial charge in [0.05, 0.1) is 0 Å². The van der Waals surface area contributed by atoms with E-state index in [1.165, 1.54) is 0 Å². The van der Waals surface area contributed by atoms with Gasteiger partial charge >= 0.3 is 11.9 Å². The van der Waals surface area contributed by atoms with Gasteiger partial charge in [-0.2, -0.15) is 0 Å². The average Bonchev–Trinajstić information content (AvgIpc) is 2.32. The molecule has 7 nitrogen and oxygen atoms in total. The Labute approximate surface area is 113 Å². The minimum atomic E-state index is -1.02. The average molecular weight is 273 g/mol. The summed E-state index contributed by atoms with van der Waals surface area (Å²) in [4.78, 5) is 33.8. The molecule has 0 radical (unpaired) electrons. The van der Waals surface area contributed by atoms with Crippen LogP contribution in [0.1, 0.15) is 33.1 Å². The molecule has 0 spiro atoms. The molecule has 0 aliphatic carbocycles. The van der Waals surface area contributed by atoms with Crippen LogP contribution in [0.15, 0.2) is 0 Å². The monoisotopic (exact) mass is 273 g/mol. The summed E-state index contributed by atoms with van der Waals surface area (Å²) in [6, 6.07) is -1.57. The zero-order valence-corrected chi connectivity index (χ0v) is 11.6. The van der Waals surface area contributed by atoms with Crippen molar-refractivity contribution in [3.63, 3.8) is 0 Å². The standard InChI is InChI=1S/C12H23N3O4/c1-7(2)6-9(15-3)12(18)19-11(17)8(13)4-5-10(14)16/h7-9,15H,4-6,13H2,1-3H3,(H2,14,16)/t8-,9+/m0/s1. The maximum atomic E-state index is 11.7. The molecule has 0 saturated heterocycles. The van der Waals surface area contributed by atoms with E-state index in [9.17, 15) is 14.4 Å². The molecule has 0 aliphatic rings. The van der Waals surface area contributed by atoms with Gasteiger partial charge in [0.2, 0.25) is 5.91 Å². The molecule has 0 unspecified atom stereocenters. The van der Waals surface area contributed by atoms with E-state index in [-0.39, 0.29) is 18.8 Å². The molecule has 7 heteroatoms. The molecule has 2 atom stereocenters. The Morgan fingerprint density at radius 2 is 1.79 bits per heavy atom. The zero-order valence-electron chi connectivity index (χ0n) is 11.6. The van der Waals surface area contributed by atoms with E-state index >= 15 is 0 Å². The van der Waals surface area contributed by atoms with Crippen LogP contribution in [-0.2, 0) is 19.1 Å². The first-order chi connectivity index (χ1) is 8.77. The van der Waals surface area contributed by atoms with Crippen LogP contribution >= 0.6 is 0 Å². The fourth-order valence-electron chi connectivity index (χ4n) is 1.46. The summed E-state index contributed by atoms with van der Waals surface area (Å²) in [5, 5.41) is 2.79. The quantitative estimate of drug-likeness (QED) is 0.396. The van der Waals surface area contributed by atoms with Crippen molar-refractivity contribution in [3.8, 4) is 0 Å². The van der Waals surface area contributed by atoms with E-state index in [2.05, 4.69) is 10.1 Å². The Hall–Kier alpha value is -1.47. The molecule has 0 fully saturated rings. The summed E-state index contributed by atoms with van der Waals surface area (Å²) < 4.78 is 4.68. The molecule has 0 aromatic carbocycles. The fraction of sp³-hybridized carbons (Fsp3) is 0.750. The molecule has 0 aliphatic heterocycles. The van der Waals surface area contributed by atoms with Gasteiger partial charge in [-0.15, -0.1) is 0 Å². The number of rotatable bonds is 8. The summed E-state index contributed by atoms with van der Waals surface area (Å²) in [6.07, 6.45) is 0.598. The lowest BCUT2D eigenvalue weighted by Gasteiger charge is -2.17. The lowest BCUT2D eigenvalue weighted by atomic mass is 10.0. The number of ether oxygens (including phenoxy) is 1. The van der Waals surface area contributed by atoms with E-state index in [4.69, 9.17) is 11.5 Å². The maximum Gasteiger partial charge on any atom is 0.330 e. The van der Waals surface area contributed by atoms with Crippen LogP contribution in [0, 0.1) is 5.92 Å². The first-order valence-electron chi connectivity index (χ1n) is 6.24. The SMILES string of the molecule is CN[C@H](CC(C)C)C(=O)OC(=O)[C@@H](N)CCC(N)=O. The van der Waals surface area contributed by atoms with Crippen molar-refractivity contribution in [2.24, 2.45) is 17.4 Å². The number of primary amides is 1. The van der Waals surface area contributed by atoms with Crippen LogP contribution in [0.5, 0.6) is 0 Å². The van der Waals surface area contributed by atoms with Crippen LogP contribution < -0.4 is 16.8 Å². The van der Waals surface area contributed by atoms with Crippen LogP contribution in [-0.4, -0.2) is 37.0 Å². The summed E-state index contributed by atoms with van der Waals surface area (Å²) in [5.41, 5.74) is 10.4. The highest BCUT2D eigenvalue weighted by Gasteiger charge is 2.25. The maximum absolute atomic E-state index is 11.7. The highest BCUT2D eigenvalue weighted by atomic mass is 16.6. The molecule has 0 aromatic rings. The van der Waals surface area contributed by atoms with Gasteiger partial charge in [0, 0.05) is 6.42 Å². The Bertz CT molecular complexity index is 331. The van der Waals surface area contributed by atoms with E-state index in [0.717, 1.165) is 0 Å². The summed E-state index contributed by atoms with van der Waals surface area (Å²) in [7, 11) is 1.62. The van der Waals surface area contributed by atoms with Crippen molar-refractivity contribution in [2.45, 2.75) is 45.2 Å². The Kier molecular flexibility index (Phi) is 7.94. The molecule has 1 amide bonds. The number of amides is 1. The molecule has 0 bridgehead atoms. The zero-order chi connectivity index (χ0) is 15.0. The van der Waals surface area contributed by atoms with Crippen LogP contribution in [0.3, 0.4) is 0 Å². The molecule has 5 N–H and O–H groups in total. The van der Waals surface area contributed by atoms with Gasteiger partial charge in [-0.05, 0) is 25.8 Å². The summed E-state index contributed by atoms with van der Waals surface area (Å²) in [6.45, 7) is 3.91. The normalized spacial score (nSPS) is 13.9. The first kappa shape index (κ1) is 17.5. The topological polar surface area (TPSA) is 125 Å². The van der Waals surface area contributed by atoms with Gasteiger partial charge in [-0.1, -0.05) is 13.8 Å². The third-order valence-corrected chi connectivity index (χ3v) is 2.55. The van der Waals surface area contributed by atoms with Gasteiger partial charge in [-0.3, -0.25) is 4.79 Å². The third-order valence-electron chi connectivity index (χ3n) is 2.55. The molecule has 0 rings (SSSR count). The number of nitrogens with two attached hydrogens (primary N) is 2. The number of carbonyl (C=O) groups is 3. The van der Waals surface area contributed by atoms with Gasteiger partial charge in [0.25, 0.3) is 0 Å². The predicted molar refractivity (Wildman–Crippen MR) is 69.8 cm³/mol. The Morgan fingerprint density at radius 3 is 2.21 bits per heavy atom. The first-order valence-corrected chi connectivity index (χ1v) is 6.24. The van der Waals surface area contributed by atoms with Crippen molar-refractivity contribution < 1.29 is 19.1 Å². The molecular formula is C12H23N3O4. The summed E-state index contributed by atoms with van der Waals surface area (Å²) >= 11 is 0. The van der Waals surface area contributed by atoms with Crippen molar-refractivity contribution >= 4 is 17.8 Å². The highest BCUT2D eigenvalue weighted by molar-refractivity contribution is 5.91. The molecular weight excluding hydrogens is 250 g/mol. The van der Waals surface area contributed by atoms with E-state index < -0.39 is 29.9 Å². The second kappa shape index (κ2) is 8.60. The van der Waals surface area contributed by atoms with E-state index in [0.29, 0.717) is 6.42 Å². The van der Waals surface area contributed by atoms with Gasteiger partial charge < -0.3 is 21.5 Å². The predicted octanol–water partition coefficient (Wildman–Crippen LogP) is -0.717. The third kappa shape index (κ3) is 7.53.